The van der Waals surface area contributed by atoms with Crippen molar-refractivity contribution in [2.75, 3.05) is 20.1 Å². The molecule has 0 spiro atoms. The Labute approximate surface area is 136 Å². The van der Waals surface area contributed by atoms with E-state index >= 15 is 0 Å². The number of β-lactam (4-membered cyclic amide) rings is 1. The van der Waals surface area contributed by atoms with Crippen LogP contribution < -0.4 is 5.73 Å². The van der Waals surface area contributed by atoms with Crippen LogP contribution >= 0.6 is 9.47 Å². The molecule has 2 aliphatic rings. The maximum atomic E-state index is 12.3. The molecule has 2 amide bonds. The normalized spacial score (nSPS) is 27.8. The van der Waals surface area contributed by atoms with Gasteiger partial charge >= 0.3 is 5.97 Å². The number of aliphatic hydroxyl groups is 1. The Bertz CT molecular complexity index is 577. The molecule has 0 saturated carbocycles. The monoisotopic (exact) mass is 343 g/mol. The first-order chi connectivity index (χ1) is 10.7. The average Bonchev–Trinajstić information content (AvgIpc) is 2.67. The summed E-state index contributed by atoms with van der Waals surface area (Å²) in [7, 11) is 3.59. The van der Waals surface area contributed by atoms with Gasteiger partial charge < -0.3 is 20.3 Å². The molecule has 3 N–H and O–H groups in total. The largest absolute Gasteiger partial charge is 0.447 e. The van der Waals surface area contributed by atoms with Gasteiger partial charge in [0.1, 0.15) is 5.70 Å². The summed E-state index contributed by atoms with van der Waals surface area (Å²) in [5.74, 6) is -2.04. The highest BCUT2D eigenvalue weighted by molar-refractivity contribution is 7.10. The smallest absolute Gasteiger partial charge is 0.357 e. The summed E-state index contributed by atoms with van der Waals surface area (Å²) in [5.41, 5.74) is 6.10. The minimum absolute atomic E-state index is 0.0396. The van der Waals surface area contributed by atoms with E-state index in [1.54, 1.807) is 18.9 Å². The number of aliphatic hydroxyl groups excluding tert-OH is 1. The van der Waals surface area contributed by atoms with E-state index in [2.05, 4.69) is 0 Å². The van der Waals surface area contributed by atoms with Gasteiger partial charge in [0.2, 0.25) is 11.8 Å². The van der Waals surface area contributed by atoms with Crippen LogP contribution in [-0.4, -0.2) is 65.0 Å². The third kappa shape index (κ3) is 2.98. The van der Waals surface area contributed by atoms with Crippen LogP contribution in [0.25, 0.3) is 0 Å². The van der Waals surface area contributed by atoms with E-state index in [0.717, 1.165) is 0 Å². The van der Waals surface area contributed by atoms with Crippen molar-refractivity contribution in [3.63, 3.8) is 0 Å². The molecule has 1 unspecified atom stereocenters. The van der Waals surface area contributed by atoms with Crippen LogP contribution in [0.4, 0.5) is 0 Å². The number of hydrogen-bond donors (Lipinski definition) is 2. The minimum Gasteiger partial charge on any atom is -0.447 e. The molecular weight excluding hydrogens is 321 g/mol. The Kier molecular flexibility index (Phi) is 5.08. The third-order valence-electron chi connectivity index (χ3n) is 4.48. The van der Waals surface area contributed by atoms with Crippen molar-refractivity contribution >= 4 is 27.3 Å². The molecule has 2 rings (SSSR count). The molecule has 2 heterocycles. The lowest BCUT2D eigenvalue weighted by atomic mass is 9.77. The first-order valence-corrected chi connectivity index (χ1v) is 7.79. The van der Waals surface area contributed by atoms with Gasteiger partial charge in [-0.1, -0.05) is 6.92 Å². The Morgan fingerprint density at radius 2 is 2.13 bits per heavy atom. The van der Waals surface area contributed by atoms with Crippen LogP contribution in [0, 0.1) is 11.8 Å². The lowest BCUT2D eigenvalue weighted by Crippen LogP contribution is -2.63. The maximum Gasteiger partial charge on any atom is 0.357 e. The van der Waals surface area contributed by atoms with Crippen LogP contribution in [-0.2, 0) is 18.9 Å². The second-order valence-electron chi connectivity index (χ2n) is 6.17. The number of nitrogens with zero attached hydrogens (tertiary/aromatic N) is 2. The molecule has 0 bridgehead atoms. The summed E-state index contributed by atoms with van der Waals surface area (Å²) in [4.78, 5) is 38.5. The van der Waals surface area contributed by atoms with Gasteiger partial charge in [0.15, 0.2) is 0 Å². The first kappa shape index (κ1) is 17.8. The van der Waals surface area contributed by atoms with E-state index in [0.29, 0.717) is 12.1 Å². The summed E-state index contributed by atoms with van der Waals surface area (Å²) in [5, 5.41) is 9.82. The van der Waals surface area contributed by atoms with Gasteiger partial charge in [0.25, 0.3) is 0 Å². The molecule has 9 heteroatoms. The van der Waals surface area contributed by atoms with Gasteiger partial charge in [-0.15, -0.1) is 0 Å². The molecule has 0 aliphatic carbocycles. The van der Waals surface area contributed by atoms with Gasteiger partial charge in [-0.3, -0.25) is 14.5 Å². The van der Waals surface area contributed by atoms with Gasteiger partial charge in [-0.2, -0.15) is 0 Å². The average molecular weight is 343 g/mol. The highest BCUT2D eigenvalue weighted by Crippen LogP contribution is 2.47. The second-order valence-corrected chi connectivity index (χ2v) is 6.41. The number of carbonyl (C=O) groups excluding carboxylic acids is 3. The highest BCUT2D eigenvalue weighted by atomic mass is 31.0. The second kappa shape index (κ2) is 6.55. The van der Waals surface area contributed by atoms with Crippen molar-refractivity contribution in [1.29, 1.82) is 0 Å². The standard InChI is InChI=1S/C14H22N3O5P/c1-6-8(4-16(3)5-9(15)19)12(14(21)22-23)17-11(6)10(7(2)18)13(17)20/h6-7,10-11,18H,4-5,23H2,1-3H3,(H2,15,19)/t6-,7+,10+,11+/m0/s1. The molecule has 2 aliphatic heterocycles. The SMILES string of the molecule is C[C@@H](O)[C@H]1C(=O)N2C(C(=O)OP)=C(CN(C)CC(N)=O)[C@H](C)[C@H]12. The fraction of sp³-hybridized carbons (Fsp3) is 0.643. The molecule has 0 aromatic rings. The fourth-order valence-electron chi connectivity index (χ4n) is 3.51. The zero-order chi connectivity index (χ0) is 17.5. The first-order valence-electron chi connectivity index (χ1n) is 7.32. The molecular formula is C14H22N3O5P. The van der Waals surface area contributed by atoms with Crippen LogP contribution in [0.15, 0.2) is 11.3 Å². The third-order valence-corrected chi connectivity index (χ3v) is 4.70. The maximum absolute atomic E-state index is 12.3. The van der Waals surface area contributed by atoms with Crippen LogP contribution in [0.5, 0.6) is 0 Å². The van der Waals surface area contributed by atoms with Gasteiger partial charge in [-0.05, 0) is 19.5 Å². The summed E-state index contributed by atoms with van der Waals surface area (Å²) < 4.78 is 4.73. The van der Waals surface area contributed by atoms with Crippen LogP contribution in [0.3, 0.4) is 0 Å². The number of primary amides is 1. The van der Waals surface area contributed by atoms with Crippen molar-refractivity contribution in [2.45, 2.75) is 26.0 Å². The van der Waals surface area contributed by atoms with E-state index in [1.165, 1.54) is 4.90 Å². The van der Waals surface area contributed by atoms with E-state index in [4.69, 9.17) is 10.3 Å². The Morgan fingerprint density at radius 1 is 1.52 bits per heavy atom. The van der Waals surface area contributed by atoms with E-state index in [-0.39, 0.29) is 30.1 Å². The van der Waals surface area contributed by atoms with Crippen molar-refractivity contribution in [2.24, 2.45) is 17.6 Å². The summed E-state index contributed by atoms with van der Waals surface area (Å²) in [6.07, 6.45) is -0.790. The lowest BCUT2D eigenvalue weighted by molar-refractivity contribution is -0.162. The molecule has 8 nitrogen and oxygen atoms in total. The molecule has 5 atom stereocenters. The Hall–Kier alpha value is -1.50. The van der Waals surface area contributed by atoms with Crippen molar-refractivity contribution in [3.8, 4) is 0 Å². The molecule has 128 valence electrons. The van der Waals surface area contributed by atoms with E-state index < -0.39 is 23.9 Å². The number of fused-ring (bicyclic) bond motifs is 1. The number of rotatable bonds is 6. The Morgan fingerprint density at radius 3 is 2.61 bits per heavy atom. The van der Waals surface area contributed by atoms with Gasteiger partial charge in [0, 0.05) is 12.5 Å². The molecule has 1 fully saturated rings. The fourth-order valence-corrected chi connectivity index (χ4v) is 3.62. The van der Waals surface area contributed by atoms with E-state index in [1.807, 2.05) is 16.4 Å². The predicted molar refractivity (Wildman–Crippen MR) is 84.5 cm³/mol. The lowest BCUT2D eigenvalue weighted by Gasteiger charge is -2.46. The number of likely N-dealkylation sites (N-methyl/N-ethyl adjacent to an activating group) is 1. The van der Waals surface area contributed by atoms with Crippen molar-refractivity contribution in [3.05, 3.63) is 11.3 Å². The van der Waals surface area contributed by atoms with Crippen molar-refractivity contribution in [1.82, 2.24) is 9.80 Å². The zero-order valence-electron chi connectivity index (χ0n) is 13.4. The predicted octanol–water partition coefficient (Wildman–Crippen LogP) is -1.15. The molecule has 0 aromatic heterocycles. The quantitative estimate of drug-likeness (QED) is 0.465. The minimum atomic E-state index is -0.790. The number of hydrogen-bond acceptors (Lipinski definition) is 6. The Balaban J connectivity index is 2.33. The van der Waals surface area contributed by atoms with Crippen LogP contribution in [0.2, 0.25) is 0 Å². The van der Waals surface area contributed by atoms with Crippen LogP contribution in [0.1, 0.15) is 13.8 Å². The summed E-state index contributed by atoms with van der Waals surface area (Å²) in [6.45, 7) is 3.82. The summed E-state index contributed by atoms with van der Waals surface area (Å²) >= 11 is 0. The zero-order valence-corrected chi connectivity index (χ0v) is 14.5. The van der Waals surface area contributed by atoms with E-state index in [9.17, 15) is 19.5 Å². The topological polar surface area (TPSA) is 113 Å². The summed E-state index contributed by atoms with van der Waals surface area (Å²) in [6, 6.07) is -0.265. The molecule has 0 aromatic carbocycles. The highest BCUT2D eigenvalue weighted by Gasteiger charge is 2.59. The number of amides is 2. The number of nitrogens with two attached hydrogens (primary N) is 1. The number of carbonyl (C=O) groups is 3. The molecule has 0 radical (unpaired) electrons. The van der Waals surface area contributed by atoms with Gasteiger partial charge in [0.05, 0.1) is 34.1 Å². The molecule has 1 saturated heterocycles. The van der Waals surface area contributed by atoms with Crippen molar-refractivity contribution < 1.29 is 24.0 Å². The van der Waals surface area contributed by atoms with Gasteiger partial charge in [-0.25, -0.2) is 4.79 Å². The molecule has 23 heavy (non-hydrogen) atoms.